The molecular formula is C21H24N4O2. The van der Waals surface area contributed by atoms with Crippen molar-refractivity contribution in [2.75, 3.05) is 26.8 Å². The number of benzene rings is 1. The molecule has 0 N–H and O–H groups in total. The summed E-state index contributed by atoms with van der Waals surface area (Å²) in [6, 6.07) is 8.61. The van der Waals surface area contributed by atoms with E-state index in [-0.39, 0.29) is 0 Å². The van der Waals surface area contributed by atoms with Crippen molar-refractivity contribution in [3.63, 3.8) is 0 Å². The van der Waals surface area contributed by atoms with Gasteiger partial charge in [-0.2, -0.15) is 0 Å². The molecule has 27 heavy (non-hydrogen) atoms. The highest BCUT2D eigenvalue weighted by Crippen LogP contribution is 2.37. The quantitative estimate of drug-likeness (QED) is 0.715. The first-order chi connectivity index (χ1) is 13.2. The number of fused-ring (bicyclic) bond motifs is 3. The van der Waals surface area contributed by atoms with Crippen LogP contribution in [0.5, 0.6) is 0 Å². The van der Waals surface area contributed by atoms with Crippen molar-refractivity contribution in [1.82, 2.24) is 19.4 Å². The number of ether oxygens (including phenoxy) is 2. The topological polar surface area (TPSA) is 52.4 Å². The van der Waals surface area contributed by atoms with Crippen molar-refractivity contribution in [2.45, 2.75) is 32.2 Å². The predicted octanol–water partition coefficient (Wildman–Crippen LogP) is 2.63. The molecule has 0 saturated carbocycles. The van der Waals surface area contributed by atoms with Gasteiger partial charge in [-0.15, -0.1) is 0 Å². The van der Waals surface area contributed by atoms with Crippen molar-refractivity contribution in [3.8, 4) is 0 Å². The van der Waals surface area contributed by atoms with E-state index in [0.717, 1.165) is 25.2 Å². The first-order valence-corrected chi connectivity index (χ1v) is 9.50. The second-order valence-electron chi connectivity index (χ2n) is 7.56. The summed E-state index contributed by atoms with van der Waals surface area (Å²) in [5.41, 5.74) is 6.13. The summed E-state index contributed by atoms with van der Waals surface area (Å²) in [6.07, 6.45) is 4.37. The van der Waals surface area contributed by atoms with Crippen LogP contribution in [0.4, 0.5) is 0 Å². The Morgan fingerprint density at radius 3 is 2.81 bits per heavy atom. The maximum absolute atomic E-state index is 6.14. The van der Waals surface area contributed by atoms with Crippen LogP contribution < -0.4 is 0 Å². The lowest BCUT2D eigenvalue weighted by molar-refractivity contribution is -0.178. The fourth-order valence-electron chi connectivity index (χ4n) is 4.37. The molecule has 1 fully saturated rings. The normalized spacial score (nSPS) is 19.5. The van der Waals surface area contributed by atoms with E-state index in [1.54, 1.807) is 12.5 Å². The maximum atomic E-state index is 6.14. The zero-order valence-corrected chi connectivity index (χ0v) is 15.8. The SMILES string of the molecule is Cc1ccc2c(c1)c1c(n2CC2(c3ccncn3)OCCO2)CN(C)CC1. The van der Waals surface area contributed by atoms with Gasteiger partial charge in [0.15, 0.2) is 0 Å². The van der Waals surface area contributed by atoms with Crippen molar-refractivity contribution in [2.24, 2.45) is 0 Å². The van der Waals surface area contributed by atoms with Crippen molar-refractivity contribution < 1.29 is 9.47 Å². The van der Waals surface area contributed by atoms with Gasteiger partial charge in [-0.1, -0.05) is 11.6 Å². The molecule has 2 aromatic heterocycles. The van der Waals surface area contributed by atoms with E-state index in [1.165, 1.54) is 27.7 Å². The molecule has 0 unspecified atom stereocenters. The van der Waals surface area contributed by atoms with Gasteiger partial charge in [-0.3, -0.25) is 0 Å². The molecule has 0 aliphatic carbocycles. The van der Waals surface area contributed by atoms with Crippen LogP contribution in [0.15, 0.2) is 36.8 Å². The molecule has 1 aromatic carbocycles. The summed E-state index contributed by atoms with van der Waals surface area (Å²) in [5.74, 6) is -0.858. The fraction of sp³-hybridized carbons (Fsp3) is 0.429. The second kappa shape index (κ2) is 6.41. The van der Waals surface area contributed by atoms with Crippen molar-refractivity contribution >= 4 is 10.9 Å². The third kappa shape index (κ3) is 2.76. The molecular weight excluding hydrogens is 340 g/mol. The molecule has 0 spiro atoms. The predicted molar refractivity (Wildman–Crippen MR) is 102 cm³/mol. The summed E-state index contributed by atoms with van der Waals surface area (Å²) in [5, 5.41) is 1.36. The van der Waals surface area contributed by atoms with Crippen LogP contribution in [0.2, 0.25) is 0 Å². The average Bonchev–Trinajstić information content (AvgIpc) is 3.27. The molecule has 0 radical (unpaired) electrons. The lowest BCUT2D eigenvalue weighted by Gasteiger charge is -2.30. The average molecular weight is 364 g/mol. The maximum Gasteiger partial charge on any atom is 0.231 e. The number of aryl methyl sites for hydroxylation is 1. The molecule has 140 valence electrons. The summed E-state index contributed by atoms with van der Waals surface area (Å²) < 4.78 is 14.7. The number of rotatable bonds is 3. The Kier molecular flexibility index (Phi) is 4.00. The van der Waals surface area contributed by atoms with Gasteiger partial charge in [-0.25, -0.2) is 9.97 Å². The van der Waals surface area contributed by atoms with Crippen molar-refractivity contribution in [1.29, 1.82) is 0 Å². The van der Waals surface area contributed by atoms with Crippen LogP contribution in [0.25, 0.3) is 10.9 Å². The molecule has 0 amide bonds. The number of hydrogen-bond donors (Lipinski definition) is 0. The highest BCUT2D eigenvalue weighted by Gasteiger charge is 2.42. The smallest absolute Gasteiger partial charge is 0.231 e. The van der Waals surface area contributed by atoms with E-state index in [2.05, 4.69) is 51.6 Å². The largest absolute Gasteiger partial charge is 0.341 e. The Labute approximate surface area is 158 Å². The van der Waals surface area contributed by atoms with Gasteiger partial charge in [0.25, 0.3) is 0 Å². The Hall–Kier alpha value is -2.28. The van der Waals surface area contributed by atoms with E-state index in [4.69, 9.17) is 9.47 Å². The van der Waals surface area contributed by atoms with Gasteiger partial charge in [0.1, 0.15) is 12.0 Å². The highest BCUT2D eigenvalue weighted by molar-refractivity contribution is 5.86. The van der Waals surface area contributed by atoms with Gasteiger partial charge in [0.2, 0.25) is 5.79 Å². The lowest BCUT2D eigenvalue weighted by atomic mass is 10.0. The summed E-state index contributed by atoms with van der Waals surface area (Å²) in [4.78, 5) is 10.9. The monoisotopic (exact) mass is 364 g/mol. The third-order valence-electron chi connectivity index (χ3n) is 5.70. The fourth-order valence-corrected chi connectivity index (χ4v) is 4.37. The number of aromatic nitrogens is 3. The zero-order chi connectivity index (χ0) is 18.4. The van der Waals surface area contributed by atoms with Crippen LogP contribution in [0, 0.1) is 6.92 Å². The molecule has 5 rings (SSSR count). The van der Waals surface area contributed by atoms with Gasteiger partial charge < -0.3 is 18.9 Å². The number of likely N-dealkylation sites (N-methyl/N-ethyl adjacent to an activating group) is 1. The molecule has 1 saturated heterocycles. The minimum atomic E-state index is -0.858. The minimum Gasteiger partial charge on any atom is -0.341 e. The van der Waals surface area contributed by atoms with E-state index in [9.17, 15) is 0 Å². The molecule has 3 aromatic rings. The van der Waals surface area contributed by atoms with Crippen LogP contribution in [0.3, 0.4) is 0 Å². The first kappa shape index (κ1) is 16.9. The van der Waals surface area contributed by atoms with Gasteiger partial charge in [0.05, 0.1) is 19.8 Å². The van der Waals surface area contributed by atoms with Gasteiger partial charge in [-0.05, 0) is 44.2 Å². The summed E-state index contributed by atoms with van der Waals surface area (Å²) in [6.45, 7) is 5.91. The Bertz CT molecular complexity index is 977. The lowest BCUT2D eigenvalue weighted by Crippen LogP contribution is -2.36. The molecule has 0 atom stereocenters. The summed E-state index contributed by atoms with van der Waals surface area (Å²) in [7, 11) is 2.18. The number of nitrogens with zero attached hydrogens (tertiary/aromatic N) is 4. The second-order valence-corrected chi connectivity index (χ2v) is 7.56. The van der Waals surface area contributed by atoms with Crippen LogP contribution >= 0.6 is 0 Å². The zero-order valence-electron chi connectivity index (χ0n) is 15.8. The molecule has 6 nitrogen and oxygen atoms in total. The van der Waals surface area contributed by atoms with E-state index in [1.807, 2.05) is 6.07 Å². The third-order valence-corrected chi connectivity index (χ3v) is 5.70. The first-order valence-electron chi connectivity index (χ1n) is 9.50. The number of hydrogen-bond acceptors (Lipinski definition) is 5. The van der Waals surface area contributed by atoms with Crippen LogP contribution in [0.1, 0.15) is 22.5 Å². The van der Waals surface area contributed by atoms with Crippen molar-refractivity contribution in [3.05, 3.63) is 59.3 Å². The Morgan fingerprint density at radius 1 is 1.19 bits per heavy atom. The van der Waals surface area contributed by atoms with E-state index < -0.39 is 5.79 Å². The van der Waals surface area contributed by atoms with Crippen LogP contribution in [-0.4, -0.2) is 46.2 Å². The Morgan fingerprint density at radius 2 is 2.04 bits per heavy atom. The molecule has 2 aliphatic rings. The molecule has 6 heteroatoms. The van der Waals surface area contributed by atoms with E-state index in [0.29, 0.717) is 19.8 Å². The van der Waals surface area contributed by atoms with E-state index >= 15 is 0 Å². The van der Waals surface area contributed by atoms with Gasteiger partial charge >= 0.3 is 0 Å². The molecule has 2 aliphatic heterocycles. The standard InChI is InChI=1S/C21H24N4O2/c1-15-3-4-18-17(11-15)16-6-8-24(2)12-19(16)25(18)13-21(26-9-10-27-21)20-5-7-22-14-23-20/h3-5,7,11,14H,6,8-10,12-13H2,1-2H3. The Balaban J connectivity index is 1.67. The molecule has 4 heterocycles. The molecule has 0 bridgehead atoms. The summed E-state index contributed by atoms with van der Waals surface area (Å²) >= 11 is 0. The van der Waals surface area contributed by atoms with Crippen LogP contribution in [-0.2, 0) is 34.8 Å². The van der Waals surface area contributed by atoms with Gasteiger partial charge in [0, 0.05) is 35.9 Å². The highest BCUT2D eigenvalue weighted by atomic mass is 16.7. The minimum absolute atomic E-state index is 0.574.